The van der Waals surface area contributed by atoms with E-state index in [1.165, 1.54) is 0 Å². The summed E-state index contributed by atoms with van der Waals surface area (Å²) in [4.78, 5) is 18.0. The summed E-state index contributed by atoms with van der Waals surface area (Å²) in [7, 11) is -1.70. The van der Waals surface area contributed by atoms with E-state index >= 15 is 0 Å². The molecule has 2 aromatic heterocycles. The molecular weight excluding hydrogens is 450 g/mol. The van der Waals surface area contributed by atoms with Gasteiger partial charge in [0.25, 0.3) is 0 Å². The number of aromatic nitrogens is 3. The van der Waals surface area contributed by atoms with Gasteiger partial charge in [0, 0.05) is 53.9 Å². The average molecular weight is 478 g/mol. The van der Waals surface area contributed by atoms with Crippen LogP contribution in [-0.4, -0.2) is 42.3 Å². The van der Waals surface area contributed by atoms with Crippen molar-refractivity contribution in [2.24, 2.45) is 7.05 Å². The Labute approximate surface area is 198 Å². The van der Waals surface area contributed by atoms with Crippen molar-refractivity contribution >= 4 is 31.7 Å². The van der Waals surface area contributed by atoms with Gasteiger partial charge in [-0.05, 0) is 48.5 Å². The van der Waals surface area contributed by atoms with Crippen LogP contribution in [0.15, 0.2) is 59.8 Å². The summed E-state index contributed by atoms with van der Waals surface area (Å²) >= 11 is 0. The minimum absolute atomic E-state index is 0.167. The number of sulfonamides is 1. The summed E-state index contributed by atoms with van der Waals surface area (Å²) < 4.78 is 29.8. The lowest BCUT2D eigenvalue weighted by atomic mass is 10.1. The van der Waals surface area contributed by atoms with Crippen LogP contribution in [-0.2, 0) is 22.8 Å². The molecule has 1 atom stereocenters. The average Bonchev–Trinajstić information content (AvgIpc) is 3.22. The quantitative estimate of drug-likeness (QED) is 0.442. The fourth-order valence-corrected chi connectivity index (χ4v) is 5.64. The molecule has 5 rings (SSSR count). The molecule has 0 aliphatic carbocycles. The van der Waals surface area contributed by atoms with Crippen molar-refractivity contribution in [3.63, 3.8) is 0 Å². The number of hydrogen-bond acceptors (Lipinski definition) is 6. The molecule has 4 aromatic rings. The highest BCUT2D eigenvalue weighted by molar-refractivity contribution is 7.88. The van der Waals surface area contributed by atoms with Crippen molar-refractivity contribution in [1.82, 2.24) is 24.8 Å². The standard InChI is InChI=1S/C25H27N5O3S/c1-30-15-20(13-28-30)19-11-23-24(27-12-19)8-7-18-6-5-17(10-22(18)25(23)31)16-34(32,33)29-14-21-4-2-3-9-26-21/h5-8,10-13,15,21,26,29H,2-4,9,14,16H2,1H3. The molecule has 1 aliphatic heterocycles. The number of hydrogen-bond donors (Lipinski definition) is 2. The maximum absolute atomic E-state index is 13.5. The molecular formula is C25H27N5O3S. The lowest BCUT2D eigenvalue weighted by Crippen LogP contribution is -2.43. The Hall–Kier alpha value is -3.14. The maximum atomic E-state index is 13.5. The van der Waals surface area contributed by atoms with Gasteiger partial charge in [-0.15, -0.1) is 0 Å². The number of rotatable bonds is 6. The summed E-state index contributed by atoms with van der Waals surface area (Å²) in [5.41, 5.74) is 2.66. The van der Waals surface area contributed by atoms with Gasteiger partial charge in [-0.3, -0.25) is 14.5 Å². The van der Waals surface area contributed by atoms with E-state index < -0.39 is 10.0 Å². The van der Waals surface area contributed by atoms with E-state index in [9.17, 15) is 13.2 Å². The normalized spacial score (nSPS) is 16.8. The predicted octanol–water partition coefficient (Wildman–Crippen LogP) is 2.71. The first-order valence-corrected chi connectivity index (χ1v) is 13.1. The number of pyridine rings is 1. The first-order valence-electron chi connectivity index (χ1n) is 11.4. The van der Waals surface area contributed by atoms with Crippen LogP contribution in [0.3, 0.4) is 0 Å². The maximum Gasteiger partial charge on any atom is 0.215 e. The van der Waals surface area contributed by atoms with Crippen molar-refractivity contribution in [1.29, 1.82) is 0 Å². The molecule has 176 valence electrons. The van der Waals surface area contributed by atoms with Crippen molar-refractivity contribution in [2.75, 3.05) is 13.1 Å². The molecule has 3 heterocycles. The largest absolute Gasteiger partial charge is 0.313 e. The van der Waals surface area contributed by atoms with Gasteiger partial charge in [0.15, 0.2) is 5.43 Å². The van der Waals surface area contributed by atoms with Crippen LogP contribution < -0.4 is 15.5 Å². The highest BCUT2D eigenvalue weighted by atomic mass is 32.2. The third-order valence-electron chi connectivity index (χ3n) is 6.30. The second-order valence-corrected chi connectivity index (χ2v) is 10.7. The van der Waals surface area contributed by atoms with E-state index in [0.717, 1.165) is 42.3 Å². The topological polar surface area (TPSA) is 106 Å². The van der Waals surface area contributed by atoms with E-state index in [2.05, 4.69) is 20.1 Å². The molecule has 2 aromatic carbocycles. The number of nitrogens with one attached hydrogen (secondary N) is 2. The van der Waals surface area contributed by atoms with Crippen LogP contribution in [0.25, 0.3) is 32.8 Å². The predicted molar refractivity (Wildman–Crippen MR) is 134 cm³/mol. The lowest BCUT2D eigenvalue weighted by Gasteiger charge is -2.23. The Balaban J connectivity index is 1.48. The van der Waals surface area contributed by atoms with E-state index in [4.69, 9.17) is 0 Å². The summed E-state index contributed by atoms with van der Waals surface area (Å²) in [6.45, 7) is 1.30. The number of benzene rings is 1. The third kappa shape index (κ3) is 4.86. The second kappa shape index (κ2) is 9.25. The van der Waals surface area contributed by atoms with Gasteiger partial charge in [0.05, 0.1) is 17.5 Å². The molecule has 0 bridgehead atoms. The van der Waals surface area contributed by atoms with Gasteiger partial charge in [0.1, 0.15) is 0 Å². The molecule has 2 N–H and O–H groups in total. The van der Waals surface area contributed by atoms with Crippen molar-refractivity contribution in [3.05, 3.63) is 70.8 Å². The zero-order chi connectivity index (χ0) is 23.7. The van der Waals surface area contributed by atoms with Gasteiger partial charge in [-0.2, -0.15) is 5.10 Å². The van der Waals surface area contributed by atoms with Crippen LogP contribution in [0.5, 0.6) is 0 Å². The molecule has 0 spiro atoms. The number of fused-ring (bicyclic) bond motifs is 2. The molecule has 1 saturated heterocycles. The van der Waals surface area contributed by atoms with Crippen molar-refractivity contribution in [3.8, 4) is 11.1 Å². The zero-order valence-electron chi connectivity index (χ0n) is 19.0. The monoisotopic (exact) mass is 477 g/mol. The van der Waals surface area contributed by atoms with E-state index in [-0.39, 0.29) is 17.2 Å². The van der Waals surface area contributed by atoms with Gasteiger partial charge in [-0.25, -0.2) is 13.1 Å². The Bertz CT molecular complexity index is 1530. The minimum atomic E-state index is -3.53. The Morgan fingerprint density at radius 1 is 1.09 bits per heavy atom. The fourth-order valence-electron chi connectivity index (χ4n) is 4.46. The molecule has 1 aliphatic rings. The van der Waals surface area contributed by atoms with Crippen molar-refractivity contribution in [2.45, 2.75) is 31.1 Å². The van der Waals surface area contributed by atoms with Crippen LogP contribution in [0.1, 0.15) is 24.8 Å². The van der Waals surface area contributed by atoms with Gasteiger partial charge in [-0.1, -0.05) is 24.6 Å². The Morgan fingerprint density at radius 2 is 1.94 bits per heavy atom. The highest BCUT2D eigenvalue weighted by Crippen LogP contribution is 2.22. The Morgan fingerprint density at radius 3 is 2.71 bits per heavy atom. The van der Waals surface area contributed by atoms with E-state index in [1.807, 2.05) is 31.4 Å². The number of aryl methyl sites for hydroxylation is 1. The number of nitrogens with zero attached hydrogens (tertiary/aromatic N) is 3. The van der Waals surface area contributed by atoms with Gasteiger partial charge in [0.2, 0.25) is 10.0 Å². The molecule has 1 unspecified atom stereocenters. The highest BCUT2D eigenvalue weighted by Gasteiger charge is 2.18. The van der Waals surface area contributed by atoms with Crippen LogP contribution in [0.4, 0.5) is 0 Å². The van der Waals surface area contributed by atoms with Gasteiger partial charge < -0.3 is 5.32 Å². The number of piperidine rings is 1. The molecule has 9 heteroatoms. The molecule has 0 saturated carbocycles. The molecule has 0 radical (unpaired) electrons. The van der Waals surface area contributed by atoms with Crippen molar-refractivity contribution < 1.29 is 8.42 Å². The summed E-state index contributed by atoms with van der Waals surface area (Å²) in [6, 6.07) is 10.9. The van der Waals surface area contributed by atoms with E-state index in [0.29, 0.717) is 28.4 Å². The summed E-state index contributed by atoms with van der Waals surface area (Å²) in [5, 5.41) is 9.24. The van der Waals surface area contributed by atoms with Crippen LogP contribution in [0, 0.1) is 0 Å². The molecule has 0 amide bonds. The molecule has 1 fully saturated rings. The summed E-state index contributed by atoms with van der Waals surface area (Å²) in [6.07, 6.45) is 8.53. The first-order chi connectivity index (χ1) is 16.4. The molecule has 34 heavy (non-hydrogen) atoms. The van der Waals surface area contributed by atoms with Crippen LogP contribution >= 0.6 is 0 Å². The zero-order valence-corrected chi connectivity index (χ0v) is 19.8. The second-order valence-electron chi connectivity index (χ2n) is 8.90. The van der Waals surface area contributed by atoms with Gasteiger partial charge >= 0.3 is 0 Å². The fraction of sp³-hybridized carbons (Fsp3) is 0.320. The van der Waals surface area contributed by atoms with E-state index in [1.54, 1.807) is 35.3 Å². The third-order valence-corrected chi connectivity index (χ3v) is 7.62. The minimum Gasteiger partial charge on any atom is -0.313 e. The lowest BCUT2D eigenvalue weighted by molar-refractivity contribution is 0.398. The first kappa shape index (κ1) is 22.6. The van der Waals surface area contributed by atoms with Crippen LogP contribution in [0.2, 0.25) is 0 Å². The SMILES string of the molecule is Cn1cc(-c2cnc3ccc4ccc(CS(=O)(=O)NCC5CCCCN5)cc4c(=O)c3c2)cn1. The summed E-state index contributed by atoms with van der Waals surface area (Å²) in [5.74, 6) is -0.176. The smallest absolute Gasteiger partial charge is 0.215 e. The molecule has 8 nitrogen and oxygen atoms in total. The Kier molecular flexibility index (Phi) is 6.16.